The number of hydrogen-bond acceptors (Lipinski definition) is 5. The fourth-order valence-electron chi connectivity index (χ4n) is 3.29. The van der Waals surface area contributed by atoms with E-state index in [2.05, 4.69) is 15.9 Å². The van der Waals surface area contributed by atoms with Gasteiger partial charge in [-0.25, -0.2) is 9.69 Å². The van der Waals surface area contributed by atoms with Crippen LogP contribution >= 0.6 is 15.9 Å². The number of cyclic esters (lactones) is 1. The zero-order valence-corrected chi connectivity index (χ0v) is 16.8. The summed E-state index contributed by atoms with van der Waals surface area (Å²) in [7, 11) is 0. The third kappa shape index (κ3) is 4.10. The van der Waals surface area contributed by atoms with Crippen LogP contribution in [0.3, 0.4) is 0 Å². The molecule has 1 aromatic rings. The van der Waals surface area contributed by atoms with E-state index in [1.165, 1.54) is 4.90 Å². The fraction of sp³-hybridized carbons (Fsp3) is 0.579. The van der Waals surface area contributed by atoms with Crippen molar-refractivity contribution in [3.63, 3.8) is 0 Å². The zero-order chi connectivity index (χ0) is 18.9. The third-order valence-corrected chi connectivity index (χ3v) is 6.05. The van der Waals surface area contributed by atoms with E-state index in [9.17, 15) is 9.59 Å². The summed E-state index contributed by atoms with van der Waals surface area (Å²) in [6.45, 7) is 6.24. The Morgan fingerprint density at radius 2 is 2.00 bits per heavy atom. The Balaban J connectivity index is 1.69. The first kappa shape index (κ1) is 19.3. The molecular formula is C19H24BrNO5. The van der Waals surface area contributed by atoms with Gasteiger partial charge in [-0.2, -0.15) is 0 Å². The van der Waals surface area contributed by atoms with Crippen molar-refractivity contribution >= 4 is 27.9 Å². The molecule has 0 bridgehead atoms. The van der Waals surface area contributed by atoms with E-state index in [-0.39, 0.29) is 30.6 Å². The lowest BCUT2D eigenvalue weighted by Crippen LogP contribution is -2.47. The number of benzene rings is 1. The fourth-order valence-corrected chi connectivity index (χ4v) is 3.85. The number of halogens is 1. The van der Waals surface area contributed by atoms with Gasteiger partial charge in [0.15, 0.2) is 5.79 Å². The summed E-state index contributed by atoms with van der Waals surface area (Å²) in [6, 6.07) is 9.46. The van der Waals surface area contributed by atoms with Gasteiger partial charge in [0.2, 0.25) is 5.91 Å². The van der Waals surface area contributed by atoms with Crippen molar-refractivity contribution < 1.29 is 23.8 Å². The molecule has 3 rings (SSSR count). The highest BCUT2D eigenvalue weighted by molar-refractivity contribution is 9.10. The first-order chi connectivity index (χ1) is 12.3. The Morgan fingerprint density at radius 1 is 1.31 bits per heavy atom. The number of hydrogen-bond donors (Lipinski definition) is 0. The summed E-state index contributed by atoms with van der Waals surface area (Å²) in [4.78, 5) is 25.9. The van der Waals surface area contributed by atoms with Crippen molar-refractivity contribution in [1.29, 1.82) is 0 Å². The van der Waals surface area contributed by atoms with E-state index in [0.717, 1.165) is 5.56 Å². The molecule has 0 unspecified atom stereocenters. The average Bonchev–Trinajstić information content (AvgIpc) is 3.16. The van der Waals surface area contributed by atoms with Gasteiger partial charge < -0.3 is 14.2 Å². The number of carbonyl (C=O) groups is 2. The predicted octanol–water partition coefficient (Wildman–Crippen LogP) is 3.13. The summed E-state index contributed by atoms with van der Waals surface area (Å²) >= 11 is 3.47. The quantitative estimate of drug-likeness (QED) is 0.677. The number of amides is 2. The Kier molecular flexibility index (Phi) is 5.69. The Labute approximate surface area is 161 Å². The minimum Gasteiger partial charge on any atom is -0.447 e. The van der Waals surface area contributed by atoms with Crippen LogP contribution in [0.4, 0.5) is 4.79 Å². The molecule has 142 valence electrons. The average molecular weight is 426 g/mol. The number of carbonyl (C=O) groups excluding carboxylic acids is 2. The normalized spacial score (nSPS) is 27.2. The number of alkyl halides is 1. The van der Waals surface area contributed by atoms with Crippen molar-refractivity contribution in [3.05, 3.63) is 35.9 Å². The largest absolute Gasteiger partial charge is 0.447 e. The van der Waals surface area contributed by atoms with Crippen molar-refractivity contribution in [2.24, 2.45) is 5.92 Å². The molecule has 1 aromatic carbocycles. The van der Waals surface area contributed by atoms with Crippen LogP contribution in [0, 0.1) is 5.92 Å². The van der Waals surface area contributed by atoms with Crippen LogP contribution < -0.4 is 0 Å². The smallest absolute Gasteiger partial charge is 0.417 e. The second-order valence-electron chi connectivity index (χ2n) is 7.26. The molecule has 0 aromatic heterocycles. The molecule has 26 heavy (non-hydrogen) atoms. The van der Waals surface area contributed by atoms with Crippen molar-refractivity contribution in [3.8, 4) is 0 Å². The van der Waals surface area contributed by atoms with Gasteiger partial charge in [-0.05, 0) is 25.8 Å². The zero-order valence-electron chi connectivity index (χ0n) is 15.2. The molecule has 2 fully saturated rings. The van der Waals surface area contributed by atoms with E-state index in [0.29, 0.717) is 13.0 Å². The molecule has 2 aliphatic heterocycles. The Hall–Kier alpha value is -1.44. The number of nitrogens with zero attached hydrogens (tertiary/aromatic N) is 1. The van der Waals surface area contributed by atoms with Gasteiger partial charge in [-0.3, -0.25) is 4.79 Å². The van der Waals surface area contributed by atoms with Crippen LogP contribution in [0.1, 0.15) is 26.3 Å². The van der Waals surface area contributed by atoms with E-state index < -0.39 is 16.7 Å². The lowest BCUT2D eigenvalue weighted by molar-refractivity contribution is -0.146. The van der Waals surface area contributed by atoms with Gasteiger partial charge in [-0.1, -0.05) is 53.2 Å². The highest BCUT2D eigenvalue weighted by Crippen LogP contribution is 2.32. The predicted molar refractivity (Wildman–Crippen MR) is 98.9 cm³/mol. The molecule has 0 spiro atoms. The van der Waals surface area contributed by atoms with Crippen LogP contribution in [-0.2, 0) is 25.4 Å². The molecule has 2 amide bonds. The molecule has 6 nitrogen and oxygen atoms in total. The third-order valence-electron chi connectivity index (χ3n) is 4.83. The molecule has 0 radical (unpaired) electrons. The van der Waals surface area contributed by atoms with E-state index in [1.54, 1.807) is 0 Å². The minimum absolute atomic E-state index is 0.157. The monoisotopic (exact) mass is 425 g/mol. The van der Waals surface area contributed by atoms with Crippen LogP contribution in [0.25, 0.3) is 0 Å². The summed E-state index contributed by atoms with van der Waals surface area (Å²) < 4.78 is 16.6. The molecule has 2 aliphatic rings. The van der Waals surface area contributed by atoms with Gasteiger partial charge in [0.25, 0.3) is 0 Å². The highest BCUT2D eigenvalue weighted by atomic mass is 79.9. The Morgan fingerprint density at radius 3 is 2.62 bits per heavy atom. The molecule has 7 heteroatoms. The second kappa shape index (κ2) is 7.66. The summed E-state index contributed by atoms with van der Waals surface area (Å²) in [6.07, 6.45) is -0.233. The second-order valence-corrected chi connectivity index (χ2v) is 8.24. The molecule has 2 saturated heterocycles. The molecule has 2 heterocycles. The number of imide groups is 1. The lowest BCUT2D eigenvalue weighted by atomic mass is 9.99. The van der Waals surface area contributed by atoms with Gasteiger partial charge >= 0.3 is 6.09 Å². The van der Waals surface area contributed by atoms with Gasteiger partial charge in [-0.15, -0.1) is 0 Å². The summed E-state index contributed by atoms with van der Waals surface area (Å²) in [5, 5.41) is 0. The van der Waals surface area contributed by atoms with Crippen LogP contribution in [0.2, 0.25) is 0 Å². The first-order valence-corrected chi connectivity index (χ1v) is 9.69. The lowest BCUT2D eigenvalue weighted by Gasteiger charge is -2.28. The first-order valence-electron chi connectivity index (χ1n) is 8.78. The molecule has 4 atom stereocenters. The number of ether oxygens (including phenoxy) is 3. The minimum atomic E-state index is -0.656. The van der Waals surface area contributed by atoms with Crippen molar-refractivity contribution in [2.75, 3.05) is 13.2 Å². The molecular weight excluding hydrogens is 402 g/mol. The SMILES string of the molecule is C[C@@H]([C@H](Br)C(=O)N1C(=O)OC[C@@H]1Cc1ccccc1)[C@H]1COC(C)(C)O1. The maximum Gasteiger partial charge on any atom is 0.417 e. The highest BCUT2D eigenvalue weighted by Gasteiger charge is 2.45. The van der Waals surface area contributed by atoms with Gasteiger partial charge in [0.05, 0.1) is 23.6 Å². The van der Waals surface area contributed by atoms with Crippen LogP contribution in [0.15, 0.2) is 30.3 Å². The standard InChI is InChI=1S/C19H24BrNO5/c1-12(15-11-25-19(2,3)26-15)16(20)17(22)21-14(10-24-18(21)23)9-13-7-5-4-6-8-13/h4-8,12,14-16H,9-11H2,1-3H3/t12-,14+,15-,16+/m1/s1. The topological polar surface area (TPSA) is 65.1 Å². The van der Waals surface area contributed by atoms with E-state index in [4.69, 9.17) is 14.2 Å². The molecule has 0 aliphatic carbocycles. The Bertz CT molecular complexity index is 665. The van der Waals surface area contributed by atoms with E-state index >= 15 is 0 Å². The molecule has 0 saturated carbocycles. The van der Waals surface area contributed by atoms with Crippen molar-refractivity contribution in [1.82, 2.24) is 4.90 Å². The maximum absolute atomic E-state index is 13.0. The van der Waals surface area contributed by atoms with Gasteiger partial charge in [0.1, 0.15) is 6.61 Å². The summed E-state index contributed by atoms with van der Waals surface area (Å²) in [5.74, 6) is -1.11. The molecule has 0 N–H and O–H groups in total. The number of rotatable bonds is 5. The van der Waals surface area contributed by atoms with Crippen LogP contribution in [-0.4, -0.2) is 52.9 Å². The maximum atomic E-state index is 13.0. The van der Waals surface area contributed by atoms with E-state index in [1.807, 2.05) is 51.1 Å². The van der Waals surface area contributed by atoms with Crippen LogP contribution in [0.5, 0.6) is 0 Å². The summed E-state index contributed by atoms with van der Waals surface area (Å²) in [5.41, 5.74) is 1.06. The van der Waals surface area contributed by atoms with Crippen molar-refractivity contribution in [2.45, 2.75) is 50.0 Å². The van der Waals surface area contributed by atoms with Gasteiger partial charge in [0, 0.05) is 5.92 Å².